The predicted molar refractivity (Wildman–Crippen MR) is 131 cm³/mol. The van der Waals surface area contributed by atoms with E-state index in [0.717, 1.165) is 44.2 Å². The van der Waals surface area contributed by atoms with Gasteiger partial charge in [0.05, 0.1) is 37.0 Å². The van der Waals surface area contributed by atoms with E-state index in [1.54, 1.807) is 24.5 Å². The molecule has 2 N–H and O–H groups in total. The number of anilines is 1. The number of hydrogen-bond donors (Lipinski definition) is 1. The number of benzene rings is 1. The SMILES string of the molecule is CN(CC(N)=O)C(=O)Cc1ccc(OCCC2CC2C2CCN(c3ncc(Cl)cn3)CC2)cc1F. The third-order valence-electron chi connectivity index (χ3n) is 6.95. The number of hydrogen-bond acceptors (Lipinski definition) is 6. The van der Waals surface area contributed by atoms with Gasteiger partial charge in [-0.3, -0.25) is 9.59 Å². The fraction of sp³-hybridized carbons (Fsp3) is 0.520. The molecule has 1 aromatic carbocycles. The lowest BCUT2D eigenvalue weighted by molar-refractivity contribution is -0.133. The van der Waals surface area contributed by atoms with Crippen molar-refractivity contribution in [3.05, 3.63) is 47.0 Å². The van der Waals surface area contributed by atoms with Crippen molar-refractivity contribution in [3.63, 3.8) is 0 Å². The Kier molecular flexibility index (Phi) is 8.05. The summed E-state index contributed by atoms with van der Waals surface area (Å²) in [5.41, 5.74) is 5.36. The van der Waals surface area contributed by atoms with Crippen molar-refractivity contribution in [1.29, 1.82) is 0 Å². The molecule has 2 aliphatic rings. The standard InChI is InChI=1S/C25H31ClFN5O3/c1-31(15-23(28)33)24(34)11-18-2-3-20(12-22(18)27)35-9-6-17-10-21(17)16-4-7-32(8-5-16)25-29-13-19(26)14-30-25/h2-3,12-14,16-17,21H,4-11,15H2,1H3,(H2,28,33). The van der Waals surface area contributed by atoms with Crippen LogP contribution in [-0.4, -0.2) is 60.0 Å². The molecule has 35 heavy (non-hydrogen) atoms. The zero-order chi connectivity index (χ0) is 24.9. The highest BCUT2D eigenvalue weighted by molar-refractivity contribution is 6.30. The normalized spacial score (nSPS) is 19.9. The average Bonchev–Trinajstić information content (AvgIpc) is 3.60. The molecule has 2 heterocycles. The Morgan fingerprint density at radius 2 is 1.97 bits per heavy atom. The van der Waals surface area contributed by atoms with Crippen molar-refractivity contribution in [2.45, 2.75) is 32.1 Å². The molecule has 188 valence electrons. The minimum atomic E-state index is -0.610. The molecule has 2 amide bonds. The Morgan fingerprint density at radius 1 is 1.26 bits per heavy atom. The van der Waals surface area contributed by atoms with Crippen LogP contribution in [0.3, 0.4) is 0 Å². The van der Waals surface area contributed by atoms with Crippen LogP contribution in [0.2, 0.25) is 5.02 Å². The summed E-state index contributed by atoms with van der Waals surface area (Å²) >= 11 is 5.88. The minimum Gasteiger partial charge on any atom is -0.493 e. The third kappa shape index (κ3) is 6.81. The van der Waals surface area contributed by atoms with Gasteiger partial charge in [-0.15, -0.1) is 0 Å². The lowest BCUT2D eigenvalue weighted by atomic mass is 9.90. The van der Waals surface area contributed by atoms with Crippen molar-refractivity contribution in [2.75, 3.05) is 38.2 Å². The first-order chi connectivity index (χ1) is 16.8. The maximum Gasteiger partial charge on any atom is 0.237 e. The summed E-state index contributed by atoms with van der Waals surface area (Å²) in [5.74, 6) is 1.82. The second-order valence-electron chi connectivity index (χ2n) is 9.47. The topological polar surface area (TPSA) is 102 Å². The minimum absolute atomic E-state index is 0.136. The van der Waals surface area contributed by atoms with E-state index in [0.29, 0.717) is 29.2 Å². The van der Waals surface area contributed by atoms with E-state index in [1.807, 2.05) is 0 Å². The number of carbonyl (C=O) groups excluding carboxylic acids is 2. The van der Waals surface area contributed by atoms with Gasteiger partial charge in [0.1, 0.15) is 11.6 Å². The molecule has 10 heteroatoms. The average molecular weight is 504 g/mol. The summed E-state index contributed by atoms with van der Waals surface area (Å²) in [6, 6.07) is 4.55. The summed E-state index contributed by atoms with van der Waals surface area (Å²) in [7, 11) is 1.46. The Hall–Kier alpha value is -2.94. The Balaban J connectivity index is 1.17. The number of carbonyl (C=O) groups is 2. The number of likely N-dealkylation sites (N-methyl/N-ethyl adjacent to an activating group) is 1. The molecular formula is C25H31ClFN5O3. The lowest BCUT2D eigenvalue weighted by Crippen LogP contribution is -2.36. The van der Waals surface area contributed by atoms with Crippen molar-refractivity contribution < 1.29 is 18.7 Å². The first-order valence-corrected chi connectivity index (χ1v) is 12.3. The van der Waals surface area contributed by atoms with E-state index in [-0.39, 0.29) is 24.4 Å². The first kappa shape index (κ1) is 25.2. The van der Waals surface area contributed by atoms with E-state index >= 15 is 0 Å². The predicted octanol–water partition coefficient (Wildman–Crippen LogP) is 3.08. The quantitative estimate of drug-likeness (QED) is 0.534. The van der Waals surface area contributed by atoms with Crippen molar-refractivity contribution in [1.82, 2.24) is 14.9 Å². The van der Waals surface area contributed by atoms with Crippen LogP contribution in [0.1, 0.15) is 31.2 Å². The van der Waals surface area contributed by atoms with E-state index in [4.69, 9.17) is 22.1 Å². The van der Waals surface area contributed by atoms with Crippen molar-refractivity contribution >= 4 is 29.4 Å². The molecule has 8 nitrogen and oxygen atoms in total. The molecule has 1 aliphatic heterocycles. The molecule has 2 fully saturated rings. The summed E-state index contributed by atoms with van der Waals surface area (Å²) in [6.07, 6.45) is 7.57. The second-order valence-corrected chi connectivity index (χ2v) is 9.91. The summed E-state index contributed by atoms with van der Waals surface area (Å²) in [5, 5.41) is 0.547. The highest BCUT2D eigenvalue weighted by Crippen LogP contribution is 2.49. The van der Waals surface area contributed by atoms with Crippen LogP contribution in [0.5, 0.6) is 5.75 Å². The van der Waals surface area contributed by atoms with Gasteiger partial charge in [0, 0.05) is 26.2 Å². The largest absolute Gasteiger partial charge is 0.493 e. The molecule has 4 rings (SSSR count). The molecule has 2 unspecified atom stereocenters. The number of piperidine rings is 1. The van der Waals surface area contributed by atoms with Crippen molar-refractivity contribution in [2.24, 2.45) is 23.5 Å². The van der Waals surface area contributed by atoms with Crippen LogP contribution in [0.4, 0.5) is 10.3 Å². The zero-order valence-electron chi connectivity index (χ0n) is 19.8. The number of nitrogens with zero attached hydrogens (tertiary/aromatic N) is 4. The lowest BCUT2D eigenvalue weighted by Gasteiger charge is -2.32. The molecule has 1 saturated heterocycles. The maximum absolute atomic E-state index is 14.5. The first-order valence-electron chi connectivity index (χ1n) is 12.0. The van der Waals surface area contributed by atoms with Gasteiger partial charge in [-0.2, -0.15) is 0 Å². The summed E-state index contributed by atoms with van der Waals surface area (Å²) in [6.45, 7) is 2.26. The fourth-order valence-corrected chi connectivity index (χ4v) is 4.98. The number of halogens is 2. The van der Waals surface area contributed by atoms with Crippen LogP contribution in [0.15, 0.2) is 30.6 Å². The third-order valence-corrected chi connectivity index (χ3v) is 7.15. The van der Waals surface area contributed by atoms with Gasteiger partial charge in [-0.05, 0) is 55.1 Å². The van der Waals surface area contributed by atoms with Gasteiger partial charge in [0.25, 0.3) is 0 Å². The molecule has 1 aromatic heterocycles. The molecule has 2 atom stereocenters. The molecule has 0 bridgehead atoms. The molecule has 1 aliphatic carbocycles. The van der Waals surface area contributed by atoms with E-state index < -0.39 is 11.7 Å². The molecule has 0 radical (unpaired) electrons. The highest BCUT2D eigenvalue weighted by atomic mass is 35.5. The van der Waals surface area contributed by atoms with Crippen LogP contribution in [-0.2, 0) is 16.0 Å². The van der Waals surface area contributed by atoms with Gasteiger partial charge < -0.3 is 20.3 Å². The number of nitrogens with two attached hydrogens (primary N) is 1. The Bertz CT molecular complexity index is 1050. The van der Waals surface area contributed by atoms with Crippen LogP contribution in [0, 0.1) is 23.6 Å². The van der Waals surface area contributed by atoms with E-state index in [2.05, 4.69) is 14.9 Å². The van der Waals surface area contributed by atoms with Gasteiger partial charge in [0.15, 0.2) is 0 Å². The van der Waals surface area contributed by atoms with Gasteiger partial charge in [0.2, 0.25) is 17.8 Å². The number of amides is 2. The van der Waals surface area contributed by atoms with Crippen LogP contribution in [0.25, 0.3) is 0 Å². The smallest absolute Gasteiger partial charge is 0.237 e. The van der Waals surface area contributed by atoms with Crippen molar-refractivity contribution in [3.8, 4) is 5.75 Å². The number of primary amides is 1. The monoisotopic (exact) mass is 503 g/mol. The Morgan fingerprint density at radius 3 is 2.63 bits per heavy atom. The number of ether oxygens (including phenoxy) is 1. The number of aromatic nitrogens is 2. The van der Waals surface area contributed by atoms with E-state index in [9.17, 15) is 14.0 Å². The number of rotatable bonds is 10. The molecule has 2 aromatic rings. The molecule has 1 saturated carbocycles. The van der Waals surface area contributed by atoms with Gasteiger partial charge in [-0.25, -0.2) is 14.4 Å². The van der Waals surface area contributed by atoms with Gasteiger partial charge in [-0.1, -0.05) is 17.7 Å². The molecule has 0 spiro atoms. The van der Waals surface area contributed by atoms with Crippen LogP contribution >= 0.6 is 11.6 Å². The molecular weight excluding hydrogens is 473 g/mol. The summed E-state index contributed by atoms with van der Waals surface area (Å²) in [4.78, 5) is 35.1. The van der Waals surface area contributed by atoms with Crippen LogP contribution < -0.4 is 15.4 Å². The Labute approximate surface area is 209 Å². The summed E-state index contributed by atoms with van der Waals surface area (Å²) < 4.78 is 20.2. The van der Waals surface area contributed by atoms with Gasteiger partial charge >= 0.3 is 0 Å². The maximum atomic E-state index is 14.5. The second kappa shape index (κ2) is 11.2. The fourth-order valence-electron chi connectivity index (χ4n) is 4.89. The zero-order valence-corrected chi connectivity index (χ0v) is 20.6. The highest BCUT2D eigenvalue weighted by Gasteiger charge is 2.43. The van der Waals surface area contributed by atoms with E-state index in [1.165, 1.54) is 24.4 Å².